The summed E-state index contributed by atoms with van der Waals surface area (Å²) in [5.74, 6) is 0.873. The summed E-state index contributed by atoms with van der Waals surface area (Å²) >= 11 is 2.96. The van der Waals surface area contributed by atoms with Crippen molar-refractivity contribution in [2.45, 2.75) is 20.3 Å². The summed E-state index contributed by atoms with van der Waals surface area (Å²) in [6.45, 7) is 3.97. The van der Waals surface area contributed by atoms with Gasteiger partial charge in [-0.1, -0.05) is 29.6 Å². The summed E-state index contributed by atoms with van der Waals surface area (Å²) < 4.78 is 1.79. The van der Waals surface area contributed by atoms with Crippen molar-refractivity contribution >= 4 is 32.8 Å². The first-order chi connectivity index (χ1) is 8.19. The lowest BCUT2D eigenvalue weighted by molar-refractivity contribution is 0.838. The van der Waals surface area contributed by atoms with Crippen LogP contribution in [0, 0.1) is 6.92 Å². The third kappa shape index (κ3) is 1.60. The molecule has 88 valence electrons. The molecule has 0 bridgehead atoms. The van der Waals surface area contributed by atoms with Gasteiger partial charge in [0.25, 0.3) is 0 Å². The van der Waals surface area contributed by atoms with Crippen molar-refractivity contribution in [3.8, 4) is 9.88 Å². The normalized spacial score (nSPS) is 11.4. The number of aryl methyl sites for hydroxylation is 2. The molecule has 2 N–H and O–H groups in total. The van der Waals surface area contributed by atoms with Gasteiger partial charge in [-0.3, -0.25) is 0 Å². The van der Waals surface area contributed by atoms with E-state index in [0.717, 1.165) is 32.8 Å². The summed E-state index contributed by atoms with van der Waals surface area (Å²) in [5, 5.41) is 14.1. The minimum atomic E-state index is 0.569. The highest BCUT2D eigenvalue weighted by molar-refractivity contribution is 7.25. The molecule has 0 aliphatic rings. The first kappa shape index (κ1) is 10.6. The van der Waals surface area contributed by atoms with Gasteiger partial charge in [0.2, 0.25) is 4.96 Å². The largest absolute Gasteiger partial charge is 0.375 e. The van der Waals surface area contributed by atoms with E-state index in [0.29, 0.717) is 5.13 Å². The Morgan fingerprint density at radius 3 is 2.76 bits per heavy atom. The molecule has 0 radical (unpaired) electrons. The monoisotopic (exact) mass is 266 g/mol. The van der Waals surface area contributed by atoms with Gasteiger partial charge >= 0.3 is 0 Å². The molecule has 0 atom stereocenters. The molecule has 3 aromatic heterocycles. The van der Waals surface area contributed by atoms with Crippen LogP contribution in [0.1, 0.15) is 18.4 Å². The number of aromatic nitrogens is 5. The Morgan fingerprint density at radius 1 is 1.29 bits per heavy atom. The zero-order valence-electron chi connectivity index (χ0n) is 9.34. The molecule has 0 aliphatic heterocycles. The van der Waals surface area contributed by atoms with Crippen LogP contribution in [0.25, 0.3) is 14.8 Å². The van der Waals surface area contributed by atoms with Crippen molar-refractivity contribution in [2.75, 3.05) is 5.73 Å². The van der Waals surface area contributed by atoms with E-state index in [1.165, 1.54) is 22.7 Å². The minimum absolute atomic E-state index is 0.569. The van der Waals surface area contributed by atoms with Crippen molar-refractivity contribution in [1.82, 2.24) is 24.8 Å². The van der Waals surface area contributed by atoms with Crippen LogP contribution in [0.4, 0.5) is 5.13 Å². The van der Waals surface area contributed by atoms with Crippen LogP contribution in [-0.2, 0) is 6.42 Å². The SMILES string of the molecule is CCc1nnc2sc(-c3sc(N)nc3C)nn12. The first-order valence-electron chi connectivity index (χ1n) is 5.13. The second-order valence-electron chi connectivity index (χ2n) is 3.54. The zero-order chi connectivity index (χ0) is 12.0. The van der Waals surface area contributed by atoms with Crippen LogP contribution in [0.3, 0.4) is 0 Å². The maximum Gasteiger partial charge on any atom is 0.235 e. The molecule has 0 unspecified atom stereocenters. The van der Waals surface area contributed by atoms with Gasteiger partial charge in [0, 0.05) is 6.42 Å². The molecule has 3 aromatic rings. The molecule has 3 heterocycles. The molecule has 0 amide bonds. The molecule has 0 aliphatic carbocycles. The van der Waals surface area contributed by atoms with Crippen molar-refractivity contribution in [3.05, 3.63) is 11.5 Å². The Bertz CT molecular complexity index is 679. The Kier molecular flexibility index (Phi) is 2.33. The number of rotatable bonds is 2. The number of nitrogen functional groups attached to an aromatic ring is 1. The molecule has 0 saturated heterocycles. The predicted octanol–water partition coefficient (Wildman–Crippen LogP) is 1.76. The van der Waals surface area contributed by atoms with Crippen molar-refractivity contribution < 1.29 is 0 Å². The van der Waals surface area contributed by atoms with Crippen LogP contribution >= 0.6 is 22.7 Å². The van der Waals surface area contributed by atoms with Gasteiger partial charge in [0.1, 0.15) is 0 Å². The van der Waals surface area contributed by atoms with E-state index in [9.17, 15) is 0 Å². The van der Waals surface area contributed by atoms with E-state index in [2.05, 4.69) is 20.3 Å². The van der Waals surface area contributed by atoms with Gasteiger partial charge in [-0.25, -0.2) is 4.98 Å². The Balaban J connectivity index is 2.18. The number of fused-ring (bicyclic) bond motifs is 1. The molecule has 0 spiro atoms. The Morgan fingerprint density at radius 2 is 2.12 bits per heavy atom. The average molecular weight is 266 g/mol. The van der Waals surface area contributed by atoms with E-state index in [1.807, 2.05) is 13.8 Å². The van der Waals surface area contributed by atoms with E-state index in [1.54, 1.807) is 4.52 Å². The number of thiazole rings is 1. The van der Waals surface area contributed by atoms with Gasteiger partial charge < -0.3 is 5.73 Å². The summed E-state index contributed by atoms with van der Waals surface area (Å²) in [6.07, 6.45) is 0.814. The number of anilines is 1. The number of hydrogen-bond donors (Lipinski definition) is 1. The highest BCUT2D eigenvalue weighted by atomic mass is 32.1. The van der Waals surface area contributed by atoms with Gasteiger partial charge in [0.05, 0.1) is 10.6 Å². The predicted molar refractivity (Wildman–Crippen MR) is 68.3 cm³/mol. The van der Waals surface area contributed by atoms with Crippen LogP contribution in [0.15, 0.2) is 0 Å². The lowest BCUT2D eigenvalue weighted by Crippen LogP contribution is -1.93. The fraction of sp³-hybridized carbons (Fsp3) is 0.333. The quantitative estimate of drug-likeness (QED) is 0.764. The summed E-state index contributed by atoms with van der Waals surface area (Å²) in [5.41, 5.74) is 6.60. The molecule has 0 fully saturated rings. The summed E-state index contributed by atoms with van der Waals surface area (Å²) in [4.78, 5) is 6.02. The molecule has 8 heteroatoms. The highest BCUT2D eigenvalue weighted by Crippen LogP contribution is 2.33. The topological polar surface area (TPSA) is 82.0 Å². The Hall–Kier alpha value is -1.54. The van der Waals surface area contributed by atoms with Gasteiger partial charge in [-0.05, 0) is 6.92 Å². The molecular formula is C9H10N6S2. The van der Waals surface area contributed by atoms with Crippen molar-refractivity contribution in [3.63, 3.8) is 0 Å². The van der Waals surface area contributed by atoms with Crippen LogP contribution in [0.5, 0.6) is 0 Å². The second kappa shape index (κ2) is 3.74. The van der Waals surface area contributed by atoms with Crippen LogP contribution in [0.2, 0.25) is 0 Å². The van der Waals surface area contributed by atoms with Crippen molar-refractivity contribution in [1.29, 1.82) is 0 Å². The molecule has 0 aromatic carbocycles. The molecule has 17 heavy (non-hydrogen) atoms. The summed E-state index contributed by atoms with van der Waals surface area (Å²) in [6, 6.07) is 0. The lowest BCUT2D eigenvalue weighted by Gasteiger charge is -1.90. The molecule has 3 rings (SSSR count). The number of hydrogen-bond acceptors (Lipinski definition) is 7. The van der Waals surface area contributed by atoms with Crippen molar-refractivity contribution in [2.24, 2.45) is 0 Å². The fourth-order valence-corrected chi connectivity index (χ4v) is 3.40. The van der Waals surface area contributed by atoms with E-state index in [4.69, 9.17) is 5.73 Å². The van der Waals surface area contributed by atoms with Gasteiger partial charge in [0.15, 0.2) is 16.0 Å². The number of nitrogens with two attached hydrogens (primary N) is 1. The minimum Gasteiger partial charge on any atom is -0.375 e. The van der Waals surface area contributed by atoms with Gasteiger partial charge in [-0.15, -0.1) is 10.2 Å². The molecule has 6 nitrogen and oxygen atoms in total. The van der Waals surface area contributed by atoms with E-state index < -0.39 is 0 Å². The van der Waals surface area contributed by atoms with Crippen LogP contribution < -0.4 is 5.73 Å². The van der Waals surface area contributed by atoms with Crippen LogP contribution in [-0.4, -0.2) is 24.8 Å². The molecule has 0 saturated carbocycles. The summed E-state index contributed by atoms with van der Waals surface area (Å²) in [7, 11) is 0. The smallest absolute Gasteiger partial charge is 0.235 e. The average Bonchev–Trinajstić information content (AvgIpc) is 2.91. The van der Waals surface area contributed by atoms with E-state index >= 15 is 0 Å². The highest BCUT2D eigenvalue weighted by Gasteiger charge is 2.16. The second-order valence-corrected chi connectivity index (χ2v) is 5.52. The third-order valence-electron chi connectivity index (χ3n) is 2.38. The maximum absolute atomic E-state index is 5.69. The lowest BCUT2D eigenvalue weighted by atomic mass is 10.4. The standard InChI is InChI=1S/C9H10N6S2/c1-3-5-12-13-9-15(5)14-7(17-9)6-4(2)11-8(10)16-6/h3H2,1-2H3,(H2,10,11). The first-order valence-corrected chi connectivity index (χ1v) is 6.76. The fourth-order valence-electron chi connectivity index (χ4n) is 1.59. The van der Waals surface area contributed by atoms with Gasteiger partial charge in [-0.2, -0.15) is 9.61 Å². The zero-order valence-corrected chi connectivity index (χ0v) is 11.0. The third-order valence-corrected chi connectivity index (χ3v) is 4.42. The number of nitrogens with zero attached hydrogens (tertiary/aromatic N) is 5. The Labute approximate surface area is 105 Å². The van der Waals surface area contributed by atoms with E-state index in [-0.39, 0.29) is 0 Å². The maximum atomic E-state index is 5.69. The molecular weight excluding hydrogens is 256 g/mol.